The van der Waals surface area contributed by atoms with Gasteiger partial charge in [0.15, 0.2) is 0 Å². The van der Waals surface area contributed by atoms with E-state index in [1.807, 2.05) is 60.7 Å². The third kappa shape index (κ3) is 7.78. The quantitative estimate of drug-likeness (QED) is 0.536. The Labute approximate surface area is 178 Å². The second kappa shape index (κ2) is 11.9. The van der Waals surface area contributed by atoms with Gasteiger partial charge >= 0.3 is 12.1 Å². The van der Waals surface area contributed by atoms with Crippen LogP contribution in [0.1, 0.15) is 36.8 Å². The largest absolute Gasteiger partial charge is 0.338 e. The summed E-state index contributed by atoms with van der Waals surface area (Å²) < 4.78 is 0. The van der Waals surface area contributed by atoms with Crippen molar-refractivity contribution in [2.45, 2.75) is 38.8 Å². The van der Waals surface area contributed by atoms with E-state index in [0.717, 1.165) is 36.8 Å². The van der Waals surface area contributed by atoms with Gasteiger partial charge in [0.2, 0.25) is 0 Å². The third-order valence-corrected chi connectivity index (χ3v) is 5.59. The van der Waals surface area contributed by atoms with Crippen LogP contribution in [0.2, 0.25) is 0 Å². The number of hydrogen-bond donors (Lipinski definition) is 4. The molecule has 2 atom stereocenters. The standard InChI is InChI=1S/C24H32N4O2/c29-23(25-15-19-8-3-1-4-9-19)27-17-21-12-7-13-22(14-21)18-28-24(30)26-16-20-10-5-2-6-11-20/h1-6,8-11,21-22H,7,12-18H2,(H2,25,27,29)(H2,26,28,30)/t21-,22-/m1/s1. The average Bonchev–Trinajstić information content (AvgIpc) is 2.80. The molecule has 4 amide bonds. The first-order valence-electron chi connectivity index (χ1n) is 10.8. The van der Waals surface area contributed by atoms with Crippen molar-refractivity contribution in [2.24, 2.45) is 11.8 Å². The molecular weight excluding hydrogens is 376 g/mol. The summed E-state index contributed by atoms with van der Waals surface area (Å²) in [5.41, 5.74) is 2.17. The lowest BCUT2D eigenvalue weighted by Crippen LogP contribution is -2.41. The van der Waals surface area contributed by atoms with Gasteiger partial charge in [-0.1, -0.05) is 67.1 Å². The molecule has 6 heteroatoms. The lowest BCUT2D eigenvalue weighted by Gasteiger charge is -2.29. The lowest BCUT2D eigenvalue weighted by molar-refractivity contribution is 0.221. The summed E-state index contributed by atoms with van der Waals surface area (Å²) >= 11 is 0. The topological polar surface area (TPSA) is 82.3 Å². The molecule has 0 spiro atoms. The van der Waals surface area contributed by atoms with Gasteiger partial charge in [0, 0.05) is 26.2 Å². The molecule has 0 bridgehead atoms. The smallest absolute Gasteiger partial charge is 0.315 e. The van der Waals surface area contributed by atoms with Crippen molar-refractivity contribution in [3.63, 3.8) is 0 Å². The van der Waals surface area contributed by atoms with Crippen LogP contribution in [0.4, 0.5) is 9.59 Å². The van der Waals surface area contributed by atoms with E-state index in [9.17, 15) is 9.59 Å². The van der Waals surface area contributed by atoms with Crippen molar-refractivity contribution < 1.29 is 9.59 Å². The molecule has 6 nitrogen and oxygen atoms in total. The highest BCUT2D eigenvalue weighted by Crippen LogP contribution is 2.28. The van der Waals surface area contributed by atoms with Crippen LogP contribution in [0.15, 0.2) is 60.7 Å². The number of amides is 4. The molecule has 1 aliphatic rings. The van der Waals surface area contributed by atoms with Crippen LogP contribution in [0.5, 0.6) is 0 Å². The summed E-state index contributed by atoms with van der Waals surface area (Å²) in [5, 5.41) is 11.8. The van der Waals surface area contributed by atoms with Gasteiger partial charge in [-0.05, 0) is 42.2 Å². The number of rotatable bonds is 8. The first kappa shape index (κ1) is 21.7. The minimum atomic E-state index is -0.126. The van der Waals surface area contributed by atoms with E-state index in [-0.39, 0.29) is 12.1 Å². The fraction of sp³-hybridized carbons (Fsp3) is 0.417. The predicted octanol–water partition coefficient (Wildman–Crippen LogP) is 3.79. The molecule has 0 saturated heterocycles. The molecule has 1 fully saturated rings. The molecule has 0 aromatic heterocycles. The predicted molar refractivity (Wildman–Crippen MR) is 119 cm³/mol. The first-order valence-corrected chi connectivity index (χ1v) is 10.8. The summed E-state index contributed by atoms with van der Waals surface area (Å²) in [6.07, 6.45) is 4.40. The first-order chi connectivity index (χ1) is 14.7. The van der Waals surface area contributed by atoms with Crippen molar-refractivity contribution in [2.75, 3.05) is 13.1 Å². The van der Waals surface area contributed by atoms with Crippen LogP contribution >= 0.6 is 0 Å². The minimum Gasteiger partial charge on any atom is -0.338 e. The van der Waals surface area contributed by atoms with Gasteiger partial charge in [0.1, 0.15) is 0 Å². The SMILES string of the molecule is O=C(NCc1ccccc1)NC[C@@H]1CCC[C@@H](CNC(=O)NCc2ccccc2)C1. The molecule has 1 saturated carbocycles. The Morgan fingerprint density at radius 3 is 1.53 bits per heavy atom. The lowest BCUT2D eigenvalue weighted by atomic mass is 9.81. The highest BCUT2D eigenvalue weighted by molar-refractivity contribution is 5.74. The van der Waals surface area contributed by atoms with E-state index in [2.05, 4.69) is 21.3 Å². The molecule has 3 rings (SSSR count). The third-order valence-electron chi connectivity index (χ3n) is 5.59. The molecule has 160 valence electrons. The van der Waals surface area contributed by atoms with Gasteiger partial charge in [-0.2, -0.15) is 0 Å². The van der Waals surface area contributed by atoms with Crippen molar-refractivity contribution in [3.8, 4) is 0 Å². The maximum atomic E-state index is 12.1. The maximum Gasteiger partial charge on any atom is 0.315 e. The van der Waals surface area contributed by atoms with Crippen molar-refractivity contribution in [1.29, 1.82) is 0 Å². The van der Waals surface area contributed by atoms with E-state index >= 15 is 0 Å². The van der Waals surface area contributed by atoms with Crippen molar-refractivity contribution in [1.82, 2.24) is 21.3 Å². The van der Waals surface area contributed by atoms with Gasteiger partial charge in [-0.15, -0.1) is 0 Å². The number of urea groups is 2. The minimum absolute atomic E-state index is 0.126. The van der Waals surface area contributed by atoms with E-state index in [1.54, 1.807) is 0 Å². The van der Waals surface area contributed by atoms with E-state index in [1.165, 1.54) is 0 Å². The number of carbonyl (C=O) groups is 2. The Morgan fingerprint density at radius 2 is 1.10 bits per heavy atom. The summed E-state index contributed by atoms with van der Waals surface area (Å²) in [7, 11) is 0. The zero-order valence-corrected chi connectivity index (χ0v) is 17.4. The van der Waals surface area contributed by atoms with Crippen molar-refractivity contribution in [3.05, 3.63) is 71.8 Å². The highest BCUT2D eigenvalue weighted by Gasteiger charge is 2.22. The number of carbonyl (C=O) groups excluding carboxylic acids is 2. The van der Waals surface area contributed by atoms with E-state index in [0.29, 0.717) is 38.0 Å². The Bertz CT molecular complexity index is 717. The van der Waals surface area contributed by atoms with Crippen LogP contribution in [0.3, 0.4) is 0 Å². The Kier molecular flexibility index (Phi) is 8.57. The second-order valence-corrected chi connectivity index (χ2v) is 8.00. The fourth-order valence-corrected chi connectivity index (χ4v) is 3.93. The highest BCUT2D eigenvalue weighted by atomic mass is 16.2. The molecule has 0 radical (unpaired) electrons. The second-order valence-electron chi connectivity index (χ2n) is 8.00. The number of hydrogen-bond acceptors (Lipinski definition) is 2. The Balaban J connectivity index is 1.29. The van der Waals surface area contributed by atoms with Crippen LogP contribution in [0, 0.1) is 11.8 Å². The average molecular weight is 409 g/mol. The van der Waals surface area contributed by atoms with Gasteiger partial charge in [-0.3, -0.25) is 0 Å². The maximum absolute atomic E-state index is 12.1. The molecule has 0 unspecified atom stereocenters. The molecule has 30 heavy (non-hydrogen) atoms. The molecule has 2 aromatic carbocycles. The van der Waals surface area contributed by atoms with Gasteiger partial charge in [0.05, 0.1) is 0 Å². The van der Waals surface area contributed by atoms with E-state index in [4.69, 9.17) is 0 Å². The molecule has 2 aromatic rings. The van der Waals surface area contributed by atoms with Crippen molar-refractivity contribution >= 4 is 12.1 Å². The van der Waals surface area contributed by atoms with Crippen LogP contribution in [0.25, 0.3) is 0 Å². The number of benzene rings is 2. The van der Waals surface area contributed by atoms with Gasteiger partial charge in [0.25, 0.3) is 0 Å². The fourth-order valence-electron chi connectivity index (χ4n) is 3.93. The monoisotopic (exact) mass is 408 g/mol. The summed E-state index contributed by atoms with van der Waals surface area (Å²) in [6, 6.07) is 19.5. The Morgan fingerprint density at radius 1 is 0.667 bits per heavy atom. The van der Waals surface area contributed by atoms with E-state index < -0.39 is 0 Å². The zero-order chi connectivity index (χ0) is 21.0. The molecular formula is C24H32N4O2. The normalized spacial score (nSPS) is 18.3. The van der Waals surface area contributed by atoms with Crippen LogP contribution in [-0.4, -0.2) is 25.2 Å². The summed E-state index contributed by atoms with van der Waals surface area (Å²) in [4.78, 5) is 24.1. The van der Waals surface area contributed by atoms with Crippen LogP contribution < -0.4 is 21.3 Å². The zero-order valence-electron chi connectivity index (χ0n) is 17.4. The molecule has 4 N–H and O–H groups in total. The van der Waals surface area contributed by atoms with Gasteiger partial charge < -0.3 is 21.3 Å². The molecule has 0 aliphatic heterocycles. The van der Waals surface area contributed by atoms with Crippen LogP contribution in [-0.2, 0) is 13.1 Å². The molecule has 1 aliphatic carbocycles. The summed E-state index contributed by atoms with van der Waals surface area (Å²) in [5.74, 6) is 0.917. The van der Waals surface area contributed by atoms with Gasteiger partial charge in [-0.25, -0.2) is 9.59 Å². The number of nitrogens with one attached hydrogen (secondary N) is 4. The summed E-state index contributed by atoms with van der Waals surface area (Å²) in [6.45, 7) is 2.42. The Hall–Kier alpha value is -3.02. The molecule has 0 heterocycles.